The standard InChI is InChI=1S/C23H24FN3O6S/c1-34(30,31)13-26-11-18-17(22(26)28)8-15(9-19(18)24)27-7-6-20(23(27)29)33-16-4-5-21(25-10-16)32-12-14-2-3-14/h4-5,8-10,14,20H,2-3,6-7,11-13H2,1H3. The molecule has 0 radical (unpaired) electrons. The number of hydrogen-bond acceptors (Lipinski definition) is 7. The molecule has 1 saturated carbocycles. The fourth-order valence-corrected chi connectivity index (χ4v) is 4.92. The molecule has 34 heavy (non-hydrogen) atoms. The quantitative estimate of drug-likeness (QED) is 0.559. The van der Waals surface area contributed by atoms with Gasteiger partial charge in [0.1, 0.15) is 17.4 Å². The highest BCUT2D eigenvalue weighted by Gasteiger charge is 2.37. The molecule has 1 saturated heterocycles. The summed E-state index contributed by atoms with van der Waals surface area (Å²) in [6.07, 6.45) is 4.49. The first-order valence-corrected chi connectivity index (χ1v) is 13.1. The van der Waals surface area contributed by atoms with E-state index >= 15 is 0 Å². The Balaban J connectivity index is 1.26. The summed E-state index contributed by atoms with van der Waals surface area (Å²) >= 11 is 0. The zero-order valence-electron chi connectivity index (χ0n) is 18.6. The van der Waals surface area contributed by atoms with Gasteiger partial charge in [-0.3, -0.25) is 9.59 Å². The number of carbonyl (C=O) groups is 2. The maximum Gasteiger partial charge on any atom is 0.268 e. The number of aromatic nitrogens is 1. The van der Waals surface area contributed by atoms with Crippen molar-refractivity contribution in [1.29, 1.82) is 0 Å². The second kappa shape index (κ2) is 8.53. The van der Waals surface area contributed by atoms with E-state index in [0.717, 1.165) is 11.2 Å². The number of rotatable bonds is 8. The Labute approximate surface area is 196 Å². The lowest BCUT2D eigenvalue weighted by molar-refractivity contribution is -0.122. The molecule has 0 bridgehead atoms. The highest BCUT2D eigenvalue weighted by Crippen LogP contribution is 2.33. The first kappa shape index (κ1) is 22.6. The van der Waals surface area contributed by atoms with Gasteiger partial charge in [-0.25, -0.2) is 17.8 Å². The van der Waals surface area contributed by atoms with Crippen LogP contribution in [0.5, 0.6) is 11.6 Å². The van der Waals surface area contributed by atoms with Crippen molar-refractivity contribution < 1.29 is 31.9 Å². The van der Waals surface area contributed by atoms with E-state index in [-0.39, 0.29) is 29.3 Å². The van der Waals surface area contributed by atoms with Gasteiger partial charge >= 0.3 is 0 Å². The van der Waals surface area contributed by atoms with Crippen LogP contribution in [0.4, 0.5) is 10.1 Å². The first-order chi connectivity index (χ1) is 16.2. The van der Waals surface area contributed by atoms with E-state index < -0.39 is 33.5 Å². The summed E-state index contributed by atoms with van der Waals surface area (Å²) in [7, 11) is -3.46. The maximum atomic E-state index is 14.8. The van der Waals surface area contributed by atoms with Crippen molar-refractivity contribution in [2.45, 2.75) is 31.9 Å². The first-order valence-electron chi connectivity index (χ1n) is 11.0. The molecule has 3 aliphatic rings. The van der Waals surface area contributed by atoms with Crippen LogP contribution in [0.25, 0.3) is 0 Å². The molecule has 1 aliphatic carbocycles. The second-order valence-electron chi connectivity index (χ2n) is 8.98. The van der Waals surface area contributed by atoms with Crippen molar-refractivity contribution >= 4 is 27.3 Å². The van der Waals surface area contributed by atoms with Gasteiger partial charge in [0, 0.05) is 42.1 Å². The van der Waals surface area contributed by atoms with Crippen LogP contribution in [0.2, 0.25) is 0 Å². The molecule has 1 aromatic carbocycles. The van der Waals surface area contributed by atoms with Crippen LogP contribution in [0.15, 0.2) is 30.5 Å². The van der Waals surface area contributed by atoms with Crippen LogP contribution in [0.3, 0.4) is 0 Å². The van der Waals surface area contributed by atoms with Crippen LogP contribution in [-0.2, 0) is 21.2 Å². The van der Waals surface area contributed by atoms with E-state index in [1.807, 2.05) is 0 Å². The zero-order chi connectivity index (χ0) is 24.0. The molecule has 5 rings (SSSR count). The van der Waals surface area contributed by atoms with E-state index in [2.05, 4.69) is 4.98 Å². The van der Waals surface area contributed by atoms with E-state index in [4.69, 9.17) is 9.47 Å². The third kappa shape index (κ3) is 4.70. The fraction of sp³-hybridized carbons (Fsp3) is 0.435. The largest absolute Gasteiger partial charge is 0.479 e. The molecular formula is C23H24FN3O6S. The number of hydrogen-bond donors (Lipinski definition) is 0. The number of anilines is 1. The van der Waals surface area contributed by atoms with Gasteiger partial charge in [0.2, 0.25) is 5.88 Å². The normalized spacial score (nSPS) is 20.1. The Hall–Kier alpha value is -3.21. The second-order valence-corrected chi connectivity index (χ2v) is 11.1. The summed E-state index contributed by atoms with van der Waals surface area (Å²) in [6, 6.07) is 6.02. The number of fused-ring (bicyclic) bond motifs is 1. The van der Waals surface area contributed by atoms with Gasteiger partial charge in [0.25, 0.3) is 11.8 Å². The lowest BCUT2D eigenvalue weighted by Crippen LogP contribution is -2.32. The molecule has 11 heteroatoms. The van der Waals surface area contributed by atoms with Crippen molar-refractivity contribution in [3.63, 3.8) is 0 Å². The van der Waals surface area contributed by atoms with Crippen LogP contribution in [0.1, 0.15) is 35.2 Å². The van der Waals surface area contributed by atoms with Gasteiger partial charge in [-0.15, -0.1) is 0 Å². The number of halogens is 1. The van der Waals surface area contributed by atoms with Crippen LogP contribution in [0, 0.1) is 11.7 Å². The van der Waals surface area contributed by atoms with Crippen LogP contribution >= 0.6 is 0 Å². The smallest absolute Gasteiger partial charge is 0.268 e. The molecule has 0 spiro atoms. The summed E-state index contributed by atoms with van der Waals surface area (Å²) in [4.78, 5) is 32.3. The van der Waals surface area contributed by atoms with E-state index in [9.17, 15) is 22.4 Å². The average Bonchev–Trinajstić information content (AvgIpc) is 3.48. The number of pyridine rings is 1. The van der Waals surface area contributed by atoms with Crippen LogP contribution in [-0.4, -0.2) is 61.5 Å². The van der Waals surface area contributed by atoms with Gasteiger partial charge in [-0.1, -0.05) is 0 Å². The summed E-state index contributed by atoms with van der Waals surface area (Å²) in [5, 5.41) is 0. The SMILES string of the molecule is CS(=O)(=O)CN1Cc2c(F)cc(N3CCC(Oc4ccc(OCC5CC5)nc4)C3=O)cc2C1=O. The molecule has 2 aromatic rings. The average molecular weight is 490 g/mol. The monoisotopic (exact) mass is 489 g/mol. The number of benzene rings is 1. The van der Waals surface area contributed by atoms with Gasteiger partial charge in [-0.2, -0.15) is 0 Å². The molecule has 3 heterocycles. The minimum absolute atomic E-state index is 0.0711. The summed E-state index contributed by atoms with van der Waals surface area (Å²) in [5.41, 5.74) is 0.442. The van der Waals surface area contributed by atoms with E-state index in [1.165, 1.54) is 36.1 Å². The predicted molar refractivity (Wildman–Crippen MR) is 120 cm³/mol. The third-order valence-corrected chi connectivity index (χ3v) is 6.84. The highest BCUT2D eigenvalue weighted by molar-refractivity contribution is 7.90. The molecule has 2 amide bonds. The molecule has 9 nitrogen and oxygen atoms in total. The van der Waals surface area contributed by atoms with Gasteiger partial charge in [0.15, 0.2) is 15.9 Å². The summed E-state index contributed by atoms with van der Waals surface area (Å²) in [6.45, 7) is 0.814. The van der Waals surface area contributed by atoms with Crippen molar-refractivity contribution in [1.82, 2.24) is 9.88 Å². The minimum Gasteiger partial charge on any atom is -0.479 e. The molecule has 1 atom stereocenters. The Morgan fingerprint density at radius 2 is 1.97 bits per heavy atom. The lowest BCUT2D eigenvalue weighted by atomic mass is 10.1. The molecular weight excluding hydrogens is 465 g/mol. The summed E-state index contributed by atoms with van der Waals surface area (Å²) in [5.74, 6) is -0.538. The molecule has 1 unspecified atom stereocenters. The Bertz CT molecular complexity index is 1250. The Morgan fingerprint density at radius 3 is 2.65 bits per heavy atom. The van der Waals surface area contributed by atoms with Gasteiger partial charge in [0.05, 0.1) is 19.3 Å². The lowest BCUT2D eigenvalue weighted by Gasteiger charge is -2.18. The predicted octanol–water partition coefficient (Wildman–Crippen LogP) is 2.15. The topological polar surface area (TPSA) is 106 Å². The third-order valence-electron chi connectivity index (χ3n) is 6.06. The number of amides is 2. The molecule has 2 aliphatic heterocycles. The van der Waals surface area contributed by atoms with Gasteiger partial charge in [-0.05, 0) is 37.0 Å². The fourth-order valence-electron chi connectivity index (χ4n) is 4.14. The van der Waals surface area contributed by atoms with Gasteiger partial charge < -0.3 is 19.3 Å². The van der Waals surface area contributed by atoms with Crippen molar-refractivity contribution in [3.8, 4) is 11.6 Å². The maximum absolute atomic E-state index is 14.8. The van der Waals surface area contributed by atoms with E-state index in [1.54, 1.807) is 12.1 Å². The highest BCUT2D eigenvalue weighted by atomic mass is 32.2. The Morgan fingerprint density at radius 1 is 1.18 bits per heavy atom. The number of ether oxygens (including phenoxy) is 2. The zero-order valence-corrected chi connectivity index (χ0v) is 19.4. The molecule has 2 fully saturated rings. The molecule has 1 aromatic heterocycles. The number of nitrogens with zero attached hydrogens (tertiary/aromatic N) is 3. The van der Waals surface area contributed by atoms with Crippen LogP contribution < -0.4 is 14.4 Å². The summed E-state index contributed by atoms with van der Waals surface area (Å²) < 4.78 is 49.4. The molecule has 0 N–H and O–H groups in total. The van der Waals surface area contributed by atoms with E-state index in [0.29, 0.717) is 37.1 Å². The van der Waals surface area contributed by atoms with Crippen molar-refractivity contribution in [2.75, 3.05) is 30.2 Å². The number of sulfone groups is 1. The Kier molecular flexibility index (Phi) is 5.67. The molecule has 180 valence electrons. The van der Waals surface area contributed by atoms with Crippen molar-refractivity contribution in [2.24, 2.45) is 5.92 Å². The minimum atomic E-state index is -3.46. The van der Waals surface area contributed by atoms with Crippen molar-refractivity contribution in [3.05, 3.63) is 47.4 Å². The number of carbonyl (C=O) groups excluding carboxylic acids is 2.